The number of carbonyl (C=O) groups is 1. The summed E-state index contributed by atoms with van der Waals surface area (Å²) < 4.78 is 1.42. The van der Waals surface area contributed by atoms with Crippen molar-refractivity contribution in [3.63, 3.8) is 0 Å². The molecule has 2 N–H and O–H groups in total. The minimum atomic E-state index is -0.500. The first-order valence-corrected chi connectivity index (χ1v) is 6.74. The van der Waals surface area contributed by atoms with Crippen LogP contribution in [0, 0.1) is 10.1 Å². The molecular weight excluding hydrogens is 298 g/mol. The van der Waals surface area contributed by atoms with E-state index in [9.17, 15) is 14.9 Å². The van der Waals surface area contributed by atoms with Crippen LogP contribution in [-0.2, 0) is 11.3 Å². The fourth-order valence-corrected chi connectivity index (χ4v) is 2.35. The number of amides is 1. The van der Waals surface area contributed by atoms with Gasteiger partial charge in [-0.05, 0) is 26.3 Å². The molecule has 1 aliphatic rings. The third-order valence-electron chi connectivity index (χ3n) is 3.39. The largest absolute Gasteiger partial charge is 0.353 e. The van der Waals surface area contributed by atoms with Gasteiger partial charge >= 0.3 is 5.69 Å². The zero-order chi connectivity index (χ0) is 14.5. The zero-order valence-electron chi connectivity index (χ0n) is 11.8. The molecule has 0 spiro atoms. The van der Waals surface area contributed by atoms with Crippen molar-refractivity contribution in [2.24, 2.45) is 0 Å². The van der Waals surface area contributed by atoms with Crippen LogP contribution in [0.5, 0.6) is 0 Å². The standard InChI is InChI=1S/C12H19N5O3.ClH/c1-9-6-10(2-4-13-9)15-12(18)3-5-16-8-11(7-14-16)17(19)20;/h7-10,13H,2-6H2,1H3,(H,15,18);1H. The number of aromatic nitrogens is 2. The highest BCUT2D eigenvalue weighted by Gasteiger charge is 2.19. The Kier molecular flexibility index (Phi) is 6.57. The van der Waals surface area contributed by atoms with Crippen molar-refractivity contribution in [3.8, 4) is 0 Å². The summed E-state index contributed by atoms with van der Waals surface area (Å²) in [5.74, 6) is -0.0396. The van der Waals surface area contributed by atoms with Crippen molar-refractivity contribution >= 4 is 24.0 Å². The van der Waals surface area contributed by atoms with Crippen LogP contribution in [0.4, 0.5) is 5.69 Å². The molecule has 1 fully saturated rings. The van der Waals surface area contributed by atoms with Gasteiger partial charge in [0.2, 0.25) is 5.91 Å². The first-order chi connectivity index (χ1) is 9.54. The second kappa shape index (κ2) is 7.94. The molecule has 9 heteroatoms. The van der Waals surface area contributed by atoms with Gasteiger partial charge in [0.15, 0.2) is 0 Å². The lowest BCUT2D eigenvalue weighted by Crippen LogP contribution is -2.46. The summed E-state index contributed by atoms with van der Waals surface area (Å²) in [5, 5.41) is 20.7. The maximum atomic E-state index is 11.8. The molecule has 2 atom stereocenters. The first kappa shape index (κ1) is 17.4. The van der Waals surface area contributed by atoms with Crippen molar-refractivity contribution in [2.45, 2.75) is 44.8 Å². The molecule has 1 amide bonds. The van der Waals surface area contributed by atoms with Crippen LogP contribution in [0.25, 0.3) is 0 Å². The predicted molar refractivity (Wildman–Crippen MR) is 79.4 cm³/mol. The highest BCUT2D eigenvalue weighted by Crippen LogP contribution is 2.09. The third-order valence-corrected chi connectivity index (χ3v) is 3.39. The molecule has 0 radical (unpaired) electrons. The molecule has 2 unspecified atom stereocenters. The second-order valence-electron chi connectivity index (χ2n) is 5.11. The molecule has 0 saturated carbocycles. The molecule has 1 aliphatic heterocycles. The van der Waals surface area contributed by atoms with Gasteiger partial charge in [-0.1, -0.05) is 0 Å². The fraction of sp³-hybridized carbons (Fsp3) is 0.667. The molecule has 0 aliphatic carbocycles. The van der Waals surface area contributed by atoms with Gasteiger partial charge in [-0.3, -0.25) is 19.6 Å². The Hall–Kier alpha value is -1.67. The van der Waals surface area contributed by atoms with Crippen molar-refractivity contribution < 1.29 is 9.72 Å². The SMILES string of the molecule is CC1CC(NC(=O)CCn2cc([N+](=O)[O-])cn2)CCN1.Cl. The van der Waals surface area contributed by atoms with Crippen molar-refractivity contribution in [3.05, 3.63) is 22.5 Å². The quantitative estimate of drug-likeness (QED) is 0.619. The predicted octanol–water partition coefficient (Wildman–Crippen LogP) is 0.860. The molecule has 2 rings (SSSR count). The Bertz CT molecular complexity index is 493. The molecule has 1 aromatic rings. The van der Waals surface area contributed by atoms with E-state index >= 15 is 0 Å². The summed E-state index contributed by atoms with van der Waals surface area (Å²) in [5.41, 5.74) is -0.0578. The Labute approximate surface area is 128 Å². The van der Waals surface area contributed by atoms with E-state index in [0.29, 0.717) is 12.6 Å². The number of halogens is 1. The number of hydrogen-bond acceptors (Lipinski definition) is 5. The maximum Gasteiger partial charge on any atom is 0.306 e. The number of piperidine rings is 1. The van der Waals surface area contributed by atoms with E-state index in [-0.39, 0.29) is 36.5 Å². The smallest absolute Gasteiger partial charge is 0.306 e. The molecule has 1 saturated heterocycles. The summed E-state index contributed by atoms with van der Waals surface area (Å²) in [4.78, 5) is 21.8. The van der Waals surface area contributed by atoms with Crippen LogP contribution < -0.4 is 10.6 Å². The Morgan fingerprint density at radius 2 is 2.43 bits per heavy atom. The van der Waals surface area contributed by atoms with Gasteiger partial charge in [-0.15, -0.1) is 12.4 Å². The zero-order valence-corrected chi connectivity index (χ0v) is 12.6. The van der Waals surface area contributed by atoms with Gasteiger partial charge in [0, 0.05) is 25.0 Å². The minimum Gasteiger partial charge on any atom is -0.353 e. The average Bonchev–Trinajstić information content (AvgIpc) is 2.85. The fourth-order valence-electron chi connectivity index (χ4n) is 2.35. The van der Waals surface area contributed by atoms with Crippen LogP contribution in [0.1, 0.15) is 26.2 Å². The van der Waals surface area contributed by atoms with E-state index < -0.39 is 4.92 Å². The van der Waals surface area contributed by atoms with Gasteiger partial charge in [0.05, 0.1) is 4.92 Å². The number of nitro groups is 1. The Balaban J connectivity index is 0.00000220. The number of nitrogens with one attached hydrogen (secondary N) is 2. The van der Waals surface area contributed by atoms with Gasteiger partial charge in [0.25, 0.3) is 0 Å². The van der Waals surface area contributed by atoms with E-state index in [1.165, 1.54) is 17.1 Å². The van der Waals surface area contributed by atoms with Crippen LogP contribution in [0.15, 0.2) is 12.4 Å². The van der Waals surface area contributed by atoms with Crippen LogP contribution in [0.2, 0.25) is 0 Å². The highest BCUT2D eigenvalue weighted by atomic mass is 35.5. The average molecular weight is 318 g/mol. The van der Waals surface area contributed by atoms with Gasteiger partial charge in [-0.25, -0.2) is 0 Å². The molecule has 21 heavy (non-hydrogen) atoms. The number of aryl methyl sites for hydroxylation is 1. The molecule has 2 heterocycles. The van der Waals surface area contributed by atoms with Crippen molar-refractivity contribution in [2.75, 3.05) is 6.54 Å². The Morgan fingerprint density at radius 3 is 3.05 bits per heavy atom. The van der Waals surface area contributed by atoms with E-state index in [0.717, 1.165) is 19.4 Å². The lowest BCUT2D eigenvalue weighted by atomic mass is 10.0. The van der Waals surface area contributed by atoms with Crippen LogP contribution in [0.3, 0.4) is 0 Å². The number of carbonyl (C=O) groups excluding carboxylic acids is 1. The third kappa shape index (κ3) is 5.31. The summed E-state index contributed by atoms with van der Waals surface area (Å²) >= 11 is 0. The lowest BCUT2D eigenvalue weighted by molar-refractivity contribution is -0.385. The number of rotatable bonds is 5. The summed E-state index contributed by atoms with van der Waals surface area (Å²) in [6.45, 7) is 3.36. The molecule has 8 nitrogen and oxygen atoms in total. The van der Waals surface area contributed by atoms with Gasteiger partial charge in [-0.2, -0.15) is 5.10 Å². The number of hydrogen-bond donors (Lipinski definition) is 2. The molecule has 118 valence electrons. The normalized spacial score (nSPS) is 21.4. The molecular formula is C12H20ClN5O3. The second-order valence-corrected chi connectivity index (χ2v) is 5.11. The number of nitrogens with zero attached hydrogens (tertiary/aromatic N) is 3. The van der Waals surface area contributed by atoms with Crippen molar-refractivity contribution in [1.82, 2.24) is 20.4 Å². The monoisotopic (exact) mass is 317 g/mol. The molecule has 0 aromatic carbocycles. The van der Waals surface area contributed by atoms with E-state index in [4.69, 9.17) is 0 Å². The molecule has 1 aromatic heterocycles. The molecule has 0 bridgehead atoms. The highest BCUT2D eigenvalue weighted by molar-refractivity contribution is 5.85. The summed E-state index contributed by atoms with van der Waals surface area (Å²) in [7, 11) is 0. The van der Waals surface area contributed by atoms with Crippen LogP contribution >= 0.6 is 12.4 Å². The van der Waals surface area contributed by atoms with Gasteiger partial charge in [0.1, 0.15) is 12.4 Å². The lowest BCUT2D eigenvalue weighted by Gasteiger charge is -2.28. The van der Waals surface area contributed by atoms with E-state index in [1.54, 1.807) is 0 Å². The van der Waals surface area contributed by atoms with Crippen molar-refractivity contribution in [1.29, 1.82) is 0 Å². The minimum absolute atomic E-state index is 0. The first-order valence-electron chi connectivity index (χ1n) is 6.74. The topological polar surface area (TPSA) is 102 Å². The van der Waals surface area contributed by atoms with Crippen LogP contribution in [-0.4, -0.2) is 39.2 Å². The van der Waals surface area contributed by atoms with E-state index in [2.05, 4.69) is 22.7 Å². The summed E-state index contributed by atoms with van der Waals surface area (Å²) in [6, 6.07) is 0.633. The summed E-state index contributed by atoms with van der Waals surface area (Å²) in [6.07, 6.45) is 4.66. The van der Waals surface area contributed by atoms with E-state index in [1.807, 2.05) is 0 Å². The maximum absolute atomic E-state index is 11.8. The van der Waals surface area contributed by atoms with Gasteiger partial charge < -0.3 is 10.6 Å². The Morgan fingerprint density at radius 1 is 1.67 bits per heavy atom.